The number of amides is 1. The van der Waals surface area contributed by atoms with Crippen LogP contribution in [0.5, 0.6) is 11.5 Å². The fraction of sp³-hybridized carbons (Fsp3) is 0.467. The number of benzene rings is 1. The van der Waals surface area contributed by atoms with Crippen LogP contribution in [-0.2, 0) is 9.59 Å². The van der Waals surface area contributed by atoms with Gasteiger partial charge in [-0.2, -0.15) is 0 Å². The van der Waals surface area contributed by atoms with Crippen LogP contribution in [0.25, 0.3) is 0 Å². The molecular formula is C15H20N2O7. The van der Waals surface area contributed by atoms with Crippen LogP contribution in [0, 0.1) is 10.1 Å². The molecule has 0 aliphatic rings. The first kappa shape index (κ1) is 19.2. The van der Waals surface area contributed by atoms with Gasteiger partial charge in [-0.05, 0) is 19.4 Å². The molecule has 0 heterocycles. The Morgan fingerprint density at radius 3 is 2.58 bits per heavy atom. The van der Waals surface area contributed by atoms with E-state index in [1.165, 1.54) is 30.2 Å². The number of aliphatic carboxylic acids is 1. The van der Waals surface area contributed by atoms with Gasteiger partial charge in [-0.3, -0.25) is 19.7 Å². The summed E-state index contributed by atoms with van der Waals surface area (Å²) < 4.78 is 10.2. The summed E-state index contributed by atoms with van der Waals surface area (Å²) in [6, 6.07) is 3.61. The van der Waals surface area contributed by atoms with Gasteiger partial charge in [-0.25, -0.2) is 0 Å². The number of rotatable bonds is 9. The number of hydrogen-bond acceptors (Lipinski definition) is 6. The second-order valence-corrected chi connectivity index (χ2v) is 5.05. The summed E-state index contributed by atoms with van der Waals surface area (Å²) in [4.78, 5) is 34.5. The molecule has 24 heavy (non-hydrogen) atoms. The van der Waals surface area contributed by atoms with E-state index in [0.29, 0.717) is 6.42 Å². The minimum atomic E-state index is -1.11. The van der Waals surface area contributed by atoms with Gasteiger partial charge in [0.1, 0.15) is 12.3 Å². The third-order valence-corrected chi connectivity index (χ3v) is 3.46. The van der Waals surface area contributed by atoms with Gasteiger partial charge in [0.05, 0.1) is 12.0 Å². The van der Waals surface area contributed by atoms with Crippen molar-refractivity contribution in [2.24, 2.45) is 0 Å². The second kappa shape index (κ2) is 8.70. The highest BCUT2D eigenvalue weighted by atomic mass is 16.6. The van der Waals surface area contributed by atoms with E-state index < -0.39 is 23.3 Å². The van der Waals surface area contributed by atoms with E-state index in [1.807, 2.05) is 6.92 Å². The molecule has 1 aromatic rings. The molecular weight excluding hydrogens is 320 g/mol. The number of carboxylic acids is 1. The summed E-state index contributed by atoms with van der Waals surface area (Å²) in [6.07, 6.45) is 0.602. The Kier molecular flexibility index (Phi) is 6.97. The summed E-state index contributed by atoms with van der Waals surface area (Å²) in [5, 5.41) is 19.7. The Bertz CT molecular complexity index is 618. The van der Waals surface area contributed by atoms with Gasteiger partial charge in [-0.15, -0.1) is 0 Å². The molecule has 132 valence electrons. The molecule has 0 saturated carbocycles. The van der Waals surface area contributed by atoms with Gasteiger partial charge >= 0.3 is 11.7 Å². The molecule has 1 unspecified atom stereocenters. The lowest BCUT2D eigenvalue weighted by atomic mass is 10.2. The first-order chi connectivity index (χ1) is 11.3. The van der Waals surface area contributed by atoms with Gasteiger partial charge in [0.2, 0.25) is 5.75 Å². The van der Waals surface area contributed by atoms with Crippen molar-refractivity contribution in [2.75, 3.05) is 20.3 Å². The number of ether oxygens (including phenoxy) is 2. The Morgan fingerprint density at radius 1 is 1.42 bits per heavy atom. The molecule has 1 rings (SSSR count). The summed E-state index contributed by atoms with van der Waals surface area (Å²) in [5.74, 6) is -1.37. The van der Waals surface area contributed by atoms with Crippen molar-refractivity contribution < 1.29 is 29.1 Å². The first-order valence-electron chi connectivity index (χ1n) is 7.26. The molecule has 1 N–H and O–H groups in total. The largest absolute Gasteiger partial charge is 0.490 e. The topological polar surface area (TPSA) is 119 Å². The first-order valence-corrected chi connectivity index (χ1v) is 7.26. The molecule has 1 aromatic carbocycles. The van der Waals surface area contributed by atoms with E-state index in [0.717, 1.165) is 0 Å². The Hall–Kier alpha value is -2.84. The Morgan fingerprint density at radius 2 is 2.08 bits per heavy atom. The molecule has 0 bridgehead atoms. The number of methoxy groups -OCH3 is 1. The minimum absolute atomic E-state index is 0.00858. The van der Waals surface area contributed by atoms with Crippen molar-refractivity contribution in [2.45, 2.75) is 26.3 Å². The van der Waals surface area contributed by atoms with E-state index in [1.54, 1.807) is 6.92 Å². The van der Waals surface area contributed by atoms with Crippen molar-refractivity contribution in [3.8, 4) is 11.5 Å². The van der Waals surface area contributed by atoms with Gasteiger partial charge in [0.25, 0.3) is 5.91 Å². The number of nitro groups is 1. The molecule has 0 fully saturated rings. The average molecular weight is 340 g/mol. The minimum Gasteiger partial charge on any atom is -0.490 e. The van der Waals surface area contributed by atoms with E-state index in [2.05, 4.69) is 0 Å². The normalized spacial score (nSPS) is 11.5. The van der Waals surface area contributed by atoms with Crippen molar-refractivity contribution >= 4 is 17.6 Å². The quantitative estimate of drug-likeness (QED) is 0.536. The van der Waals surface area contributed by atoms with Crippen molar-refractivity contribution in [1.29, 1.82) is 0 Å². The lowest BCUT2D eigenvalue weighted by molar-refractivity contribution is -0.385. The molecule has 0 aromatic heterocycles. The number of carbonyl (C=O) groups excluding carboxylic acids is 1. The third-order valence-electron chi connectivity index (χ3n) is 3.46. The SMILES string of the molecule is CCC(C)N(CC(=O)O)C(=O)COc1ccc([N+](=O)[O-])c(OC)c1. The standard InChI is InChI=1S/C15H20N2O7/c1-4-10(2)16(8-15(19)20)14(18)9-24-11-5-6-12(17(21)22)13(7-11)23-3/h5-7,10H,4,8-9H2,1-3H3,(H,19,20). The van der Waals surface area contributed by atoms with Gasteiger partial charge in [0, 0.05) is 18.2 Å². The van der Waals surface area contributed by atoms with Crippen LogP contribution >= 0.6 is 0 Å². The van der Waals surface area contributed by atoms with Crippen LogP contribution in [0.4, 0.5) is 5.69 Å². The molecule has 1 amide bonds. The van der Waals surface area contributed by atoms with Crippen LogP contribution in [0.1, 0.15) is 20.3 Å². The second-order valence-electron chi connectivity index (χ2n) is 5.05. The molecule has 0 spiro atoms. The summed E-state index contributed by atoms with van der Waals surface area (Å²) in [6.45, 7) is 2.80. The van der Waals surface area contributed by atoms with Crippen LogP contribution in [0.2, 0.25) is 0 Å². The zero-order valence-corrected chi connectivity index (χ0v) is 13.7. The summed E-state index contributed by atoms with van der Waals surface area (Å²) >= 11 is 0. The van der Waals surface area contributed by atoms with Crippen molar-refractivity contribution in [3.05, 3.63) is 28.3 Å². The number of hydrogen-bond donors (Lipinski definition) is 1. The third kappa shape index (κ3) is 5.11. The highest BCUT2D eigenvalue weighted by molar-refractivity contribution is 5.82. The Balaban J connectivity index is 2.81. The molecule has 9 nitrogen and oxygen atoms in total. The summed E-state index contributed by atoms with van der Waals surface area (Å²) in [5.41, 5.74) is -0.219. The molecule has 9 heteroatoms. The Labute approximate surface area is 138 Å². The van der Waals surface area contributed by atoms with Crippen LogP contribution in [0.3, 0.4) is 0 Å². The monoisotopic (exact) mass is 340 g/mol. The van der Waals surface area contributed by atoms with Crippen molar-refractivity contribution in [1.82, 2.24) is 4.90 Å². The predicted molar refractivity (Wildman–Crippen MR) is 84.2 cm³/mol. The fourth-order valence-corrected chi connectivity index (χ4v) is 1.98. The van der Waals surface area contributed by atoms with Crippen LogP contribution < -0.4 is 9.47 Å². The maximum absolute atomic E-state index is 12.2. The van der Waals surface area contributed by atoms with E-state index in [4.69, 9.17) is 14.6 Å². The predicted octanol–water partition coefficient (Wildman–Crippen LogP) is 1.69. The molecule has 0 radical (unpaired) electrons. The molecule has 0 aliphatic carbocycles. The van der Waals surface area contributed by atoms with Gasteiger partial charge < -0.3 is 19.5 Å². The number of carbonyl (C=O) groups is 2. The molecule has 0 saturated heterocycles. The van der Waals surface area contributed by atoms with E-state index in [-0.39, 0.29) is 29.8 Å². The molecule has 0 aliphatic heterocycles. The van der Waals surface area contributed by atoms with E-state index in [9.17, 15) is 19.7 Å². The zero-order chi connectivity index (χ0) is 18.3. The van der Waals surface area contributed by atoms with E-state index >= 15 is 0 Å². The zero-order valence-electron chi connectivity index (χ0n) is 13.7. The number of nitrogens with zero attached hydrogens (tertiary/aromatic N) is 2. The van der Waals surface area contributed by atoms with Crippen molar-refractivity contribution in [3.63, 3.8) is 0 Å². The highest BCUT2D eigenvalue weighted by Gasteiger charge is 2.22. The number of nitro benzene ring substituents is 1. The molecule has 1 atom stereocenters. The summed E-state index contributed by atoms with van der Waals surface area (Å²) in [7, 11) is 1.29. The van der Waals surface area contributed by atoms with Gasteiger partial charge in [-0.1, -0.05) is 6.92 Å². The lowest BCUT2D eigenvalue weighted by Crippen LogP contribution is -2.44. The van der Waals surface area contributed by atoms with Crippen LogP contribution in [-0.4, -0.2) is 53.1 Å². The highest BCUT2D eigenvalue weighted by Crippen LogP contribution is 2.30. The average Bonchev–Trinajstić information content (AvgIpc) is 2.56. The maximum atomic E-state index is 12.2. The maximum Gasteiger partial charge on any atom is 0.323 e. The smallest absolute Gasteiger partial charge is 0.323 e. The lowest BCUT2D eigenvalue weighted by Gasteiger charge is -2.26. The van der Waals surface area contributed by atoms with Gasteiger partial charge in [0.15, 0.2) is 6.61 Å². The fourth-order valence-electron chi connectivity index (χ4n) is 1.98. The number of carboxylic acid groups (broad SMARTS) is 1. The van der Waals surface area contributed by atoms with Crippen LogP contribution in [0.15, 0.2) is 18.2 Å².